The summed E-state index contributed by atoms with van der Waals surface area (Å²) in [7, 11) is 2.94. The van der Waals surface area contributed by atoms with Crippen LogP contribution in [0.2, 0.25) is 0 Å². The Morgan fingerprint density at radius 2 is 2.10 bits per heavy atom. The van der Waals surface area contributed by atoms with Gasteiger partial charge in [-0.1, -0.05) is 17.9 Å². The zero-order chi connectivity index (χ0) is 15.8. The van der Waals surface area contributed by atoms with Crippen LogP contribution in [0.15, 0.2) is 18.2 Å². The summed E-state index contributed by atoms with van der Waals surface area (Å²) in [6.07, 6.45) is 0.155. The van der Waals surface area contributed by atoms with Crippen molar-refractivity contribution in [2.24, 2.45) is 0 Å². The number of carbonyl (C=O) groups excluding carboxylic acids is 2. The fourth-order valence-electron chi connectivity index (χ4n) is 1.71. The Morgan fingerprint density at radius 1 is 1.38 bits per heavy atom. The molecule has 0 spiro atoms. The van der Waals surface area contributed by atoms with Crippen LogP contribution in [0.1, 0.15) is 27.9 Å². The molecule has 1 aromatic rings. The number of methoxy groups -OCH3 is 1. The molecule has 0 heterocycles. The number of aliphatic hydroxyl groups excluding tert-OH is 1. The van der Waals surface area contributed by atoms with Crippen molar-refractivity contribution in [3.63, 3.8) is 0 Å². The highest BCUT2D eigenvalue weighted by atomic mass is 16.5. The third kappa shape index (κ3) is 4.93. The van der Waals surface area contributed by atoms with Gasteiger partial charge in [0.05, 0.1) is 13.5 Å². The van der Waals surface area contributed by atoms with Gasteiger partial charge in [0.2, 0.25) is 0 Å². The smallest absolute Gasteiger partial charge is 0.307 e. The van der Waals surface area contributed by atoms with Crippen LogP contribution in [-0.4, -0.2) is 49.2 Å². The molecule has 0 unspecified atom stereocenters. The van der Waals surface area contributed by atoms with Crippen molar-refractivity contribution in [3.8, 4) is 11.8 Å². The molecule has 0 radical (unpaired) electrons. The first-order valence-corrected chi connectivity index (χ1v) is 6.52. The lowest BCUT2D eigenvalue weighted by Crippen LogP contribution is -2.29. The molecular formula is C16H19NO4. The third-order valence-corrected chi connectivity index (χ3v) is 3.01. The van der Waals surface area contributed by atoms with Gasteiger partial charge in [0.15, 0.2) is 0 Å². The van der Waals surface area contributed by atoms with E-state index in [1.54, 1.807) is 19.2 Å². The number of ether oxygens (including phenoxy) is 1. The third-order valence-electron chi connectivity index (χ3n) is 3.01. The summed E-state index contributed by atoms with van der Waals surface area (Å²) in [5.41, 5.74) is 2.14. The molecule has 0 atom stereocenters. The molecule has 1 N–H and O–H groups in total. The number of rotatable bonds is 4. The van der Waals surface area contributed by atoms with Crippen molar-refractivity contribution in [3.05, 3.63) is 34.9 Å². The lowest BCUT2D eigenvalue weighted by molar-refractivity contribution is -0.140. The molecule has 5 heteroatoms. The fourth-order valence-corrected chi connectivity index (χ4v) is 1.71. The molecule has 0 saturated carbocycles. The summed E-state index contributed by atoms with van der Waals surface area (Å²) in [5, 5.41) is 8.74. The zero-order valence-electron chi connectivity index (χ0n) is 12.5. The number of amides is 1. The van der Waals surface area contributed by atoms with E-state index in [0.717, 1.165) is 5.56 Å². The van der Waals surface area contributed by atoms with Crippen LogP contribution in [0.3, 0.4) is 0 Å². The van der Waals surface area contributed by atoms with Gasteiger partial charge in [-0.15, -0.1) is 0 Å². The second-order valence-corrected chi connectivity index (χ2v) is 4.54. The number of carbonyl (C=O) groups is 2. The molecular weight excluding hydrogens is 270 g/mol. The van der Waals surface area contributed by atoms with Gasteiger partial charge in [-0.05, 0) is 24.6 Å². The monoisotopic (exact) mass is 289 g/mol. The molecule has 21 heavy (non-hydrogen) atoms. The largest absolute Gasteiger partial charge is 0.469 e. The number of aliphatic hydroxyl groups is 1. The van der Waals surface area contributed by atoms with E-state index in [1.165, 1.54) is 12.0 Å². The maximum absolute atomic E-state index is 12.3. The molecule has 112 valence electrons. The number of esters is 1. The predicted octanol–water partition coefficient (Wildman–Crippen LogP) is 0.974. The second kappa shape index (κ2) is 8.08. The maximum Gasteiger partial charge on any atom is 0.307 e. The zero-order valence-corrected chi connectivity index (χ0v) is 12.5. The van der Waals surface area contributed by atoms with Gasteiger partial charge in [0.25, 0.3) is 5.91 Å². The SMILES string of the molecule is COC(=O)CCN(C)C(=O)c1ccc(C)c(C#CCO)c1. The summed E-state index contributed by atoms with van der Waals surface area (Å²) in [5.74, 6) is 4.84. The van der Waals surface area contributed by atoms with Crippen molar-refractivity contribution in [2.75, 3.05) is 27.3 Å². The minimum Gasteiger partial charge on any atom is -0.469 e. The molecule has 0 aliphatic carbocycles. The Kier molecular flexibility index (Phi) is 6.44. The van der Waals surface area contributed by atoms with E-state index in [0.29, 0.717) is 11.1 Å². The van der Waals surface area contributed by atoms with Crippen molar-refractivity contribution >= 4 is 11.9 Å². The van der Waals surface area contributed by atoms with E-state index in [2.05, 4.69) is 16.6 Å². The molecule has 1 aromatic carbocycles. The average Bonchev–Trinajstić information content (AvgIpc) is 2.50. The molecule has 0 aliphatic heterocycles. The first-order valence-electron chi connectivity index (χ1n) is 6.52. The molecule has 0 fully saturated rings. The summed E-state index contributed by atoms with van der Waals surface area (Å²) >= 11 is 0. The Morgan fingerprint density at radius 3 is 2.71 bits per heavy atom. The molecule has 1 rings (SSSR count). The highest BCUT2D eigenvalue weighted by molar-refractivity contribution is 5.94. The minimum atomic E-state index is -0.354. The van der Waals surface area contributed by atoms with Crippen molar-refractivity contribution in [1.82, 2.24) is 4.90 Å². The molecule has 0 aliphatic rings. The van der Waals surface area contributed by atoms with Gasteiger partial charge in [0.1, 0.15) is 6.61 Å². The highest BCUT2D eigenvalue weighted by Gasteiger charge is 2.14. The van der Waals surface area contributed by atoms with E-state index in [4.69, 9.17) is 5.11 Å². The van der Waals surface area contributed by atoms with Gasteiger partial charge in [-0.25, -0.2) is 0 Å². The topological polar surface area (TPSA) is 66.8 Å². The molecule has 0 saturated heterocycles. The number of hydrogen-bond donors (Lipinski definition) is 1. The lowest BCUT2D eigenvalue weighted by Gasteiger charge is -2.17. The van der Waals surface area contributed by atoms with Crippen LogP contribution in [-0.2, 0) is 9.53 Å². The Balaban J connectivity index is 2.84. The van der Waals surface area contributed by atoms with Gasteiger partial charge in [-0.3, -0.25) is 9.59 Å². The molecule has 1 amide bonds. The van der Waals surface area contributed by atoms with Crippen molar-refractivity contribution in [1.29, 1.82) is 0 Å². The van der Waals surface area contributed by atoms with Crippen LogP contribution in [0, 0.1) is 18.8 Å². The minimum absolute atomic E-state index is 0.155. The number of nitrogens with zero attached hydrogens (tertiary/aromatic N) is 1. The maximum atomic E-state index is 12.3. The number of aryl methyl sites for hydroxylation is 1. The summed E-state index contributed by atoms with van der Waals surface area (Å²) in [6, 6.07) is 5.22. The molecule has 0 aromatic heterocycles. The van der Waals surface area contributed by atoms with Crippen LogP contribution in [0.5, 0.6) is 0 Å². The van der Waals surface area contributed by atoms with Gasteiger partial charge in [0, 0.05) is 24.7 Å². The van der Waals surface area contributed by atoms with Gasteiger partial charge >= 0.3 is 5.97 Å². The predicted molar refractivity (Wildman–Crippen MR) is 78.7 cm³/mol. The van der Waals surface area contributed by atoms with E-state index >= 15 is 0 Å². The Labute approximate surface area is 124 Å². The van der Waals surface area contributed by atoms with E-state index in [1.807, 2.05) is 13.0 Å². The summed E-state index contributed by atoms with van der Waals surface area (Å²) in [6.45, 7) is 1.95. The Bertz CT molecular complexity index is 584. The number of hydrogen-bond acceptors (Lipinski definition) is 4. The first-order chi connectivity index (χ1) is 9.99. The first kappa shape index (κ1) is 16.7. The number of benzene rings is 1. The normalized spacial score (nSPS) is 9.52. The van der Waals surface area contributed by atoms with E-state index < -0.39 is 0 Å². The standard InChI is InChI=1S/C16H19NO4/c1-12-6-7-14(11-13(12)5-4-10-18)16(20)17(2)9-8-15(19)21-3/h6-7,11,18H,8-10H2,1-3H3. The average molecular weight is 289 g/mol. The van der Waals surface area contributed by atoms with E-state index in [-0.39, 0.29) is 31.4 Å². The lowest BCUT2D eigenvalue weighted by atomic mass is 10.0. The van der Waals surface area contributed by atoms with Crippen molar-refractivity contribution < 1.29 is 19.4 Å². The fraction of sp³-hybridized carbons (Fsp3) is 0.375. The summed E-state index contributed by atoms with van der Waals surface area (Å²) in [4.78, 5) is 24.8. The van der Waals surface area contributed by atoms with Crippen molar-refractivity contribution in [2.45, 2.75) is 13.3 Å². The molecule has 0 bridgehead atoms. The Hall–Kier alpha value is -2.32. The van der Waals surface area contributed by atoms with Crippen LogP contribution in [0.4, 0.5) is 0 Å². The molecule has 5 nitrogen and oxygen atoms in total. The van der Waals surface area contributed by atoms with Crippen LogP contribution < -0.4 is 0 Å². The van der Waals surface area contributed by atoms with Crippen LogP contribution in [0.25, 0.3) is 0 Å². The quantitative estimate of drug-likeness (QED) is 0.662. The summed E-state index contributed by atoms with van der Waals surface area (Å²) < 4.78 is 4.55. The second-order valence-electron chi connectivity index (χ2n) is 4.54. The van der Waals surface area contributed by atoms with Gasteiger partial charge < -0.3 is 14.7 Å². The highest BCUT2D eigenvalue weighted by Crippen LogP contribution is 2.12. The van der Waals surface area contributed by atoms with E-state index in [9.17, 15) is 9.59 Å². The van der Waals surface area contributed by atoms with Gasteiger partial charge in [-0.2, -0.15) is 0 Å². The van der Waals surface area contributed by atoms with Crippen LogP contribution >= 0.6 is 0 Å².